The Morgan fingerprint density at radius 2 is 1.77 bits per heavy atom. The molecule has 0 saturated carbocycles. The third kappa shape index (κ3) is 4.05. The number of rotatable bonds is 4. The second kappa shape index (κ2) is 7.04. The van der Waals surface area contributed by atoms with E-state index in [9.17, 15) is 14.0 Å². The summed E-state index contributed by atoms with van der Waals surface area (Å²) >= 11 is 5.65. The molecule has 6 heteroatoms. The van der Waals surface area contributed by atoms with Crippen LogP contribution in [0.15, 0.2) is 42.5 Å². The molecule has 0 spiro atoms. The predicted octanol–water partition coefficient (Wildman–Crippen LogP) is 4.08. The Balaban J connectivity index is 2.14. The fraction of sp³-hybridized carbons (Fsp3) is 0.125. The Morgan fingerprint density at radius 1 is 1.09 bits per heavy atom. The van der Waals surface area contributed by atoms with Crippen LogP contribution < -0.4 is 10.6 Å². The summed E-state index contributed by atoms with van der Waals surface area (Å²) in [5.74, 6) is -1.42. The third-order valence-corrected chi connectivity index (χ3v) is 3.14. The second-order valence-corrected chi connectivity index (χ2v) is 5.00. The largest absolute Gasteiger partial charge is 0.326 e. The van der Waals surface area contributed by atoms with Gasteiger partial charge in [-0.2, -0.15) is 0 Å². The van der Waals surface area contributed by atoms with Gasteiger partial charge in [0.1, 0.15) is 5.82 Å². The lowest BCUT2D eigenvalue weighted by atomic mass is 10.2. The van der Waals surface area contributed by atoms with E-state index in [0.717, 1.165) is 6.07 Å². The average Bonchev–Trinajstić information content (AvgIpc) is 2.47. The molecule has 0 aromatic heterocycles. The number of hydrogen-bond donors (Lipinski definition) is 2. The maximum Gasteiger partial charge on any atom is 0.258 e. The summed E-state index contributed by atoms with van der Waals surface area (Å²) in [5.41, 5.74) is 0.905. The lowest BCUT2D eigenvalue weighted by Crippen LogP contribution is -2.14. The Labute approximate surface area is 132 Å². The quantitative estimate of drug-likeness (QED) is 0.891. The van der Waals surface area contributed by atoms with Gasteiger partial charge in [-0.1, -0.05) is 24.6 Å². The van der Waals surface area contributed by atoms with Crippen LogP contribution in [0.3, 0.4) is 0 Å². The van der Waals surface area contributed by atoms with Crippen molar-refractivity contribution >= 4 is 34.8 Å². The second-order valence-electron chi connectivity index (χ2n) is 4.56. The SMILES string of the molecule is CCC(=O)Nc1cccc(NC(=O)c2ccc(Cl)cc2F)c1. The smallest absolute Gasteiger partial charge is 0.258 e. The maximum absolute atomic E-state index is 13.7. The Kier molecular flexibility index (Phi) is 5.12. The first kappa shape index (κ1) is 16.0. The highest BCUT2D eigenvalue weighted by Gasteiger charge is 2.12. The van der Waals surface area contributed by atoms with E-state index in [1.54, 1.807) is 31.2 Å². The summed E-state index contributed by atoms with van der Waals surface area (Å²) < 4.78 is 13.7. The van der Waals surface area contributed by atoms with Crippen molar-refractivity contribution in [1.29, 1.82) is 0 Å². The van der Waals surface area contributed by atoms with Crippen LogP contribution in [0.5, 0.6) is 0 Å². The lowest BCUT2D eigenvalue weighted by Gasteiger charge is -2.09. The molecule has 0 aliphatic carbocycles. The number of anilines is 2. The molecule has 2 rings (SSSR count). The highest BCUT2D eigenvalue weighted by molar-refractivity contribution is 6.30. The Morgan fingerprint density at radius 3 is 2.41 bits per heavy atom. The summed E-state index contributed by atoms with van der Waals surface area (Å²) in [6.07, 6.45) is 0.354. The van der Waals surface area contributed by atoms with E-state index in [0.29, 0.717) is 17.8 Å². The van der Waals surface area contributed by atoms with Crippen LogP contribution in [0.25, 0.3) is 0 Å². The first-order valence-corrected chi connectivity index (χ1v) is 7.03. The van der Waals surface area contributed by atoms with Crippen LogP contribution in [0.2, 0.25) is 5.02 Å². The number of carbonyl (C=O) groups excluding carboxylic acids is 2. The number of carbonyl (C=O) groups is 2. The standard InChI is InChI=1S/C16H14ClFN2O2/c1-2-15(21)19-11-4-3-5-12(9-11)20-16(22)13-7-6-10(17)8-14(13)18/h3-9H,2H2,1H3,(H,19,21)(H,20,22). The van der Waals surface area contributed by atoms with Gasteiger partial charge < -0.3 is 10.6 Å². The molecule has 0 aliphatic rings. The van der Waals surface area contributed by atoms with Gasteiger partial charge in [-0.15, -0.1) is 0 Å². The molecule has 2 N–H and O–H groups in total. The average molecular weight is 321 g/mol. The van der Waals surface area contributed by atoms with Gasteiger partial charge in [-0.05, 0) is 36.4 Å². The molecular formula is C16H14ClFN2O2. The topological polar surface area (TPSA) is 58.2 Å². The molecule has 0 radical (unpaired) electrons. The van der Waals surface area contributed by atoms with E-state index in [1.807, 2.05) is 0 Å². The first-order valence-electron chi connectivity index (χ1n) is 6.66. The predicted molar refractivity (Wildman–Crippen MR) is 84.7 cm³/mol. The van der Waals surface area contributed by atoms with Crippen molar-refractivity contribution in [3.05, 3.63) is 58.9 Å². The molecule has 2 aromatic carbocycles. The molecule has 0 aliphatic heterocycles. The Hall–Kier alpha value is -2.40. The van der Waals surface area contributed by atoms with Gasteiger partial charge in [0.2, 0.25) is 5.91 Å². The molecule has 0 fully saturated rings. The molecule has 0 atom stereocenters. The molecule has 2 amide bonds. The normalized spacial score (nSPS) is 10.1. The molecule has 0 heterocycles. The minimum Gasteiger partial charge on any atom is -0.326 e. The molecule has 4 nitrogen and oxygen atoms in total. The maximum atomic E-state index is 13.7. The highest BCUT2D eigenvalue weighted by atomic mass is 35.5. The number of hydrogen-bond acceptors (Lipinski definition) is 2. The lowest BCUT2D eigenvalue weighted by molar-refractivity contribution is -0.115. The zero-order valence-electron chi connectivity index (χ0n) is 11.8. The molecule has 22 heavy (non-hydrogen) atoms. The zero-order chi connectivity index (χ0) is 16.1. The molecule has 2 aromatic rings. The number of nitrogens with one attached hydrogen (secondary N) is 2. The minimum atomic E-state index is -0.694. The van der Waals surface area contributed by atoms with E-state index in [1.165, 1.54) is 12.1 Å². The summed E-state index contributed by atoms with van der Waals surface area (Å²) in [7, 11) is 0. The van der Waals surface area contributed by atoms with Gasteiger partial charge in [0.15, 0.2) is 0 Å². The molecule has 114 valence electrons. The van der Waals surface area contributed by atoms with Crippen molar-refractivity contribution < 1.29 is 14.0 Å². The van der Waals surface area contributed by atoms with Crippen molar-refractivity contribution in [3.8, 4) is 0 Å². The van der Waals surface area contributed by atoms with Crippen LogP contribution in [0.1, 0.15) is 23.7 Å². The molecule has 0 unspecified atom stereocenters. The van der Waals surface area contributed by atoms with Crippen molar-refractivity contribution in [2.75, 3.05) is 10.6 Å². The molecule has 0 saturated heterocycles. The number of halogens is 2. The van der Waals surface area contributed by atoms with Crippen molar-refractivity contribution in [2.45, 2.75) is 13.3 Å². The van der Waals surface area contributed by atoms with Gasteiger partial charge in [0, 0.05) is 22.8 Å². The van der Waals surface area contributed by atoms with Gasteiger partial charge in [0.25, 0.3) is 5.91 Å². The summed E-state index contributed by atoms with van der Waals surface area (Å²) in [5, 5.41) is 5.48. The summed E-state index contributed by atoms with van der Waals surface area (Å²) in [6.45, 7) is 1.74. The van der Waals surface area contributed by atoms with Gasteiger partial charge in [0.05, 0.1) is 5.56 Å². The van der Waals surface area contributed by atoms with E-state index >= 15 is 0 Å². The van der Waals surface area contributed by atoms with Crippen LogP contribution in [-0.4, -0.2) is 11.8 Å². The van der Waals surface area contributed by atoms with Crippen molar-refractivity contribution in [3.63, 3.8) is 0 Å². The highest BCUT2D eigenvalue weighted by Crippen LogP contribution is 2.19. The monoisotopic (exact) mass is 320 g/mol. The zero-order valence-corrected chi connectivity index (χ0v) is 12.6. The summed E-state index contributed by atoms with van der Waals surface area (Å²) in [4.78, 5) is 23.4. The minimum absolute atomic E-state index is 0.104. The van der Waals surface area contributed by atoms with E-state index in [4.69, 9.17) is 11.6 Å². The van der Waals surface area contributed by atoms with Gasteiger partial charge in [-0.3, -0.25) is 9.59 Å². The van der Waals surface area contributed by atoms with Crippen molar-refractivity contribution in [1.82, 2.24) is 0 Å². The first-order chi connectivity index (χ1) is 10.5. The van der Waals surface area contributed by atoms with Crippen molar-refractivity contribution in [2.24, 2.45) is 0 Å². The van der Waals surface area contributed by atoms with E-state index in [-0.39, 0.29) is 16.5 Å². The van der Waals surface area contributed by atoms with E-state index < -0.39 is 11.7 Å². The van der Waals surface area contributed by atoms with Crippen LogP contribution in [0, 0.1) is 5.82 Å². The molecular weight excluding hydrogens is 307 g/mol. The Bertz CT molecular complexity index is 719. The fourth-order valence-electron chi connectivity index (χ4n) is 1.80. The summed E-state index contributed by atoms with van der Waals surface area (Å²) in [6, 6.07) is 10.5. The third-order valence-electron chi connectivity index (χ3n) is 2.90. The number of amides is 2. The van der Waals surface area contributed by atoms with Gasteiger partial charge >= 0.3 is 0 Å². The molecule has 0 bridgehead atoms. The van der Waals surface area contributed by atoms with Crippen LogP contribution in [-0.2, 0) is 4.79 Å². The van der Waals surface area contributed by atoms with E-state index in [2.05, 4.69) is 10.6 Å². The number of benzene rings is 2. The van der Waals surface area contributed by atoms with Crippen LogP contribution >= 0.6 is 11.6 Å². The van der Waals surface area contributed by atoms with Gasteiger partial charge in [-0.25, -0.2) is 4.39 Å². The van der Waals surface area contributed by atoms with Crippen LogP contribution in [0.4, 0.5) is 15.8 Å². The fourth-order valence-corrected chi connectivity index (χ4v) is 1.95.